The Balaban J connectivity index is 2.71. The van der Waals surface area contributed by atoms with E-state index in [-0.39, 0.29) is 15.6 Å². The number of nitrogens with zero attached hydrogens (tertiary/aromatic N) is 1. The number of nitrogens with one attached hydrogen (secondary N) is 1. The predicted molar refractivity (Wildman–Crippen MR) is 64.5 cm³/mol. The molecule has 9 heteroatoms. The van der Waals surface area contributed by atoms with E-state index in [1.54, 1.807) is 0 Å². The number of halogens is 1. The van der Waals surface area contributed by atoms with Crippen LogP contribution in [0.1, 0.15) is 0 Å². The molecule has 92 valence electrons. The Kier molecular flexibility index (Phi) is 2.68. The van der Waals surface area contributed by atoms with E-state index in [9.17, 15) is 16.8 Å². The minimum absolute atomic E-state index is 0.141. The van der Waals surface area contributed by atoms with Gasteiger partial charge in [-0.2, -0.15) is 8.42 Å². The fourth-order valence-electron chi connectivity index (χ4n) is 1.27. The van der Waals surface area contributed by atoms with Crippen molar-refractivity contribution >= 4 is 42.3 Å². The summed E-state index contributed by atoms with van der Waals surface area (Å²) < 4.78 is 49.2. The maximum Gasteiger partial charge on any atom is 0.287 e. The first-order valence-electron chi connectivity index (χ1n) is 4.32. The van der Waals surface area contributed by atoms with Crippen molar-refractivity contribution in [3.63, 3.8) is 0 Å². The smallest absolute Gasteiger partial charge is 0.287 e. The van der Waals surface area contributed by atoms with E-state index in [1.165, 1.54) is 18.2 Å². The molecular weight excluding hydrogens is 288 g/mol. The highest BCUT2D eigenvalue weighted by molar-refractivity contribution is 8.07. The van der Waals surface area contributed by atoms with Crippen molar-refractivity contribution in [2.24, 2.45) is 4.40 Å². The van der Waals surface area contributed by atoms with Crippen molar-refractivity contribution < 1.29 is 16.8 Å². The van der Waals surface area contributed by atoms with E-state index in [0.717, 1.165) is 6.26 Å². The zero-order valence-corrected chi connectivity index (χ0v) is 10.9. The fraction of sp³-hybridized carbons (Fsp3) is 0.125. The lowest BCUT2D eigenvalue weighted by Crippen LogP contribution is -2.28. The average Bonchev–Trinajstić information content (AvgIpc) is 2.16. The van der Waals surface area contributed by atoms with Crippen LogP contribution in [-0.4, -0.2) is 28.3 Å². The summed E-state index contributed by atoms with van der Waals surface area (Å²) in [7, 11) is -7.76. The van der Waals surface area contributed by atoms with E-state index in [1.807, 2.05) is 0 Å². The van der Waals surface area contributed by atoms with Crippen molar-refractivity contribution in [1.29, 1.82) is 0 Å². The number of amidine groups is 1. The van der Waals surface area contributed by atoms with Crippen molar-refractivity contribution in [3.05, 3.63) is 23.2 Å². The van der Waals surface area contributed by atoms with Gasteiger partial charge in [0.1, 0.15) is 4.90 Å². The molecule has 0 spiro atoms. The molecule has 0 unspecified atom stereocenters. The van der Waals surface area contributed by atoms with Crippen molar-refractivity contribution in [1.82, 2.24) is 0 Å². The third-order valence-corrected chi connectivity index (χ3v) is 4.58. The number of benzene rings is 1. The van der Waals surface area contributed by atoms with Crippen LogP contribution in [0.3, 0.4) is 0 Å². The molecule has 0 aliphatic carbocycles. The van der Waals surface area contributed by atoms with Crippen LogP contribution in [0.15, 0.2) is 27.5 Å². The molecule has 0 saturated heterocycles. The molecule has 1 aliphatic rings. The molecule has 2 rings (SSSR count). The van der Waals surface area contributed by atoms with Crippen LogP contribution in [0, 0.1) is 0 Å². The molecule has 1 aromatic rings. The summed E-state index contributed by atoms with van der Waals surface area (Å²) in [6.07, 6.45) is 0.870. The van der Waals surface area contributed by atoms with Crippen LogP contribution < -0.4 is 5.32 Å². The number of fused-ring (bicyclic) bond motifs is 1. The lowest BCUT2D eigenvalue weighted by atomic mass is 10.3. The quantitative estimate of drug-likeness (QED) is 0.766. The maximum atomic E-state index is 11.7. The van der Waals surface area contributed by atoms with E-state index in [4.69, 9.17) is 11.6 Å². The molecule has 0 bridgehead atoms. The van der Waals surface area contributed by atoms with Gasteiger partial charge in [-0.25, -0.2) is 8.42 Å². The Labute approximate surface area is 103 Å². The Bertz CT molecular complexity index is 722. The third kappa shape index (κ3) is 2.28. The summed E-state index contributed by atoms with van der Waals surface area (Å²) >= 11 is 5.67. The van der Waals surface area contributed by atoms with Gasteiger partial charge in [0.15, 0.2) is 0 Å². The van der Waals surface area contributed by atoms with Crippen molar-refractivity contribution in [3.8, 4) is 0 Å². The lowest BCUT2D eigenvalue weighted by Gasteiger charge is -2.16. The van der Waals surface area contributed by atoms with Gasteiger partial charge in [-0.3, -0.25) is 0 Å². The highest BCUT2D eigenvalue weighted by Crippen LogP contribution is 2.30. The van der Waals surface area contributed by atoms with Gasteiger partial charge in [0, 0.05) is 11.3 Å². The van der Waals surface area contributed by atoms with Gasteiger partial charge >= 0.3 is 0 Å². The molecule has 1 aromatic carbocycles. The van der Waals surface area contributed by atoms with Crippen LogP contribution in [-0.2, 0) is 19.9 Å². The highest BCUT2D eigenvalue weighted by atomic mass is 35.5. The first-order chi connectivity index (χ1) is 7.70. The number of hydrogen-bond donors (Lipinski definition) is 1. The van der Waals surface area contributed by atoms with Gasteiger partial charge in [-0.1, -0.05) is 11.6 Å². The molecule has 0 saturated carbocycles. The van der Waals surface area contributed by atoms with Gasteiger partial charge in [-0.05, 0) is 18.2 Å². The van der Waals surface area contributed by atoms with Crippen LogP contribution >= 0.6 is 11.6 Å². The summed E-state index contributed by atoms with van der Waals surface area (Å²) in [4.78, 5) is -0.141. The number of anilines is 1. The summed E-state index contributed by atoms with van der Waals surface area (Å²) in [5.41, 5.74) is 0.143. The van der Waals surface area contributed by atoms with Crippen LogP contribution in [0.2, 0.25) is 5.02 Å². The first-order valence-corrected chi connectivity index (χ1v) is 8.03. The summed E-state index contributed by atoms with van der Waals surface area (Å²) in [6, 6.07) is 4.05. The largest absolute Gasteiger partial charge is 0.329 e. The van der Waals surface area contributed by atoms with Crippen LogP contribution in [0.5, 0.6) is 0 Å². The minimum Gasteiger partial charge on any atom is -0.329 e. The number of hydrogen-bond acceptors (Lipinski definition) is 5. The monoisotopic (exact) mass is 294 g/mol. The zero-order valence-electron chi connectivity index (χ0n) is 8.51. The molecule has 1 N–H and O–H groups in total. The summed E-state index contributed by atoms with van der Waals surface area (Å²) in [5, 5.41) is 2.08. The van der Waals surface area contributed by atoms with Crippen molar-refractivity contribution in [2.75, 3.05) is 11.6 Å². The van der Waals surface area contributed by atoms with Gasteiger partial charge < -0.3 is 5.32 Å². The van der Waals surface area contributed by atoms with Crippen LogP contribution in [0.4, 0.5) is 5.69 Å². The molecule has 6 nitrogen and oxygen atoms in total. The van der Waals surface area contributed by atoms with E-state index < -0.39 is 25.0 Å². The average molecular weight is 295 g/mol. The summed E-state index contributed by atoms with van der Waals surface area (Å²) in [6.45, 7) is 0. The highest BCUT2D eigenvalue weighted by Gasteiger charge is 2.29. The van der Waals surface area contributed by atoms with Gasteiger partial charge in [0.05, 0.1) is 5.69 Å². The Morgan fingerprint density at radius 3 is 2.59 bits per heavy atom. The molecule has 1 heterocycles. The molecule has 0 aromatic heterocycles. The fourth-order valence-corrected chi connectivity index (χ4v) is 3.67. The van der Waals surface area contributed by atoms with E-state index >= 15 is 0 Å². The molecular formula is C8H7ClN2O4S2. The van der Waals surface area contributed by atoms with Gasteiger partial charge in [0.2, 0.25) is 15.0 Å². The topological polar surface area (TPSA) is 92.7 Å². The number of rotatable bonds is 0. The normalized spacial score (nSPS) is 17.9. The second-order valence-electron chi connectivity index (χ2n) is 3.41. The molecule has 0 amide bonds. The second kappa shape index (κ2) is 3.69. The lowest BCUT2D eigenvalue weighted by molar-refractivity contribution is 0.596. The minimum atomic E-state index is -4.04. The molecule has 0 radical (unpaired) electrons. The molecule has 17 heavy (non-hydrogen) atoms. The Hall–Kier alpha value is -1.12. The number of sulfone groups is 1. The zero-order chi connectivity index (χ0) is 12.8. The SMILES string of the molecule is CS(=O)(=O)C1=NS(=O)(=O)c2cc(Cl)ccc2N1. The first kappa shape index (κ1) is 12.3. The van der Waals surface area contributed by atoms with Crippen LogP contribution in [0.25, 0.3) is 0 Å². The molecule has 0 atom stereocenters. The second-order valence-corrected chi connectivity index (χ2v) is 7.35. The van der Waals surface area contributed by atoms with Crippen molar-refractivity contribution in [2.45, 2.75) is 4.90 Å². The molecule has 1 aliphatic heterocycles. The Morgan fingerprint density at radius 1 is 1.35 bits per heavy atom. The van der Waals surface area contributed by atoms with Gasteiger partial charge in [0.25, 0.3) is 10.0 Å². The third-order valence-electron chi connectivity index (χ3n) is 2.02. The van der Waals surface area contributed by atoms with Gasteiger partial charge in [-0.15, -0.1) is 4.40 Å². The standard InChI is InChI=1S/C8H7ClN2O4S2/c1-16(12,13)8-10-6-3-2-5(9)4-7(6)17(14,15)11-8/h2-4H,1H3,(H,10,11). The van der Waals surface area contributed by atoms with E-state index in [2.05, 4.69) is 9.71 Å². The summed E-state index contributed by atoms with van der Waals surface area (Å²) in [5.74, 6) is 0. The number of sulfonamides is 1. The Morgan fingerprint density at radius 2 is 2.00 bits per heavy atom. The maximum absolute atomic E-state index is 11.7. The van der Waals surface area contributed by atoms with E-state index in [0.29, 0.717) is 0 Å². The predicted octanol–water partition coefficient (Wildman–Crippen LogP) is 0.855. The molecule has 0 fully saturated rings.